The average molecular weight is 370 g/mol. The Labute approximate surface area is 158 Å². The number of amides is 1. The van der Waals surface area contributed by atoms with Crippen LogP contribution in [0.25, 0.3) is 0 Å². The Morgan fingerprint density at radius 1 is 1.00 bits per heavy atom. The summed E-state index contributed by atoms with van der Waals surface area (Å²) in [6, 6.07) is 17.2. The number of hydrogen-bond acceptors (Lipinski definition) is 3. The van der Waals surface area contributed by atoms with Crippen molar-refractivity contribution >= 4 is 29.4 Å². The monoisotopic (exact) mass is 369 g/mol. The van der Waals surface area contributed by atoms with Gasteiger partial charge in [0.25, 0.3) is 5.91 Å². The number of hydrogen-bond donors (Lipinski definition) is 0. The lowest BCUT2D eigenvalue weighted by Crippen LogP contribution is -2.32. The van der Waals surface area contributed by atoms with E-state index < -0.39 is 0 Å². The van der Waals surface area contributed by atoms with Gasteiger partial charge in [-0.2, -0.15) is 0 Å². The van der Waals surface area contributed by atoms with Gasteiger partial charge in [0.2, 0.25) is 0 Å². The van der Waals surface area contributed by atoms with Gasteiger partial charge in [0.1, 0.15) is 0 Å². The first-order chi connectivity index (χ1) is 12.2. The van der Waals surface area contributed by atoms with Crippen LogP contribution in [0.1, 0.15) is 44.5 Å². The molecule has 2 aromatic carbocycles. The SMILES string of the molecule is Cc1ccc(CN(C(=O)c2ccc(C3SCCS3)cc2)C2CC2)cc1. The summed E-state index contributed by atoms with van der Waals surface area (Å²) < 4.78 is 0.538. The number of carbonyl (C=O) groups is 1. The van der Waals surface area contributed by atoms with Gasteiger partial charge < -0.3 is 4.90 Å². The van der Waals surface area contributed by atoms with Crippen LogP contribution in [0.15, 0.2) is 48.5 Å². The lowest BCUT2D eigenvalue weighted by molar-refractivity contribution is 0.0730. The highest BCUT2D eigenvalue weighted by molar-refractivity contribution is 8.19. The van der Waals surface area contributed by atoms with Crippen LogP contribution >= 0.6 is 23.5 Å². The molecule has 2 aromatic rings. The molecule has 4 rings (SSSR count). The Bertz CT molecular complexity index is 731. The predicted molar refractivity (Wildman–Crippen MR) is 108 cm³/mol. The van der Waals surface area contributed by atoms with E-state index in [0.717, 1.165) is 18.4 Å². The van der Waals surface area contributed by atoms with Crippen LogP contribution in [-0.4, -0.2) is 28.4 Å². The van der Waals surface area contributed by atoms with Crippen LogP contribution in [0.5, 0.6) is 0 Å². The van der Waals surface area contributed by atoms with Gasteiger partial charge in [-0.15, -0.1) is 23.5 Å². The lowest BCUT2D eigenvalue weighted by Gasteiger charge is -2.23. The Balaban J connectivity index is 1.49. The van der Waals surface area contributed by atoms with Crippen molar-refractivity contribution in [1.82, 2.24) is 4.90 Å². The topological polar surface area (TPSA) is 20.3 Å². The summed E-state index contributed by atoms with van der Waals surface area (Å²) in [4.78, 5) is 15.1. The highest BCUT2D eigenvalue weighted by Gasteiger charge is 2.33. The van der Waals surface area contributed by atoms with Crippen molar-refractivity contribution in [2.75, 3.05) is 11.5 Å². The van der Waals surface area contributed by atoms with E-state index in [4.69, 9.17) is 0 Å². The number of thioether (sulfide) groups is 2. The van der Waals surface area contributed by atoms with Crippen molar-refractivity contribution in [2.45, 2.75) is 36.9 Å². The quantitative estimate of drug-likeness (QED) is 0.715. The molecular formula is C21H23NOS2. The van der Waals surface area contributed by atoms with Crippen molar-refractivity contribution in [3.05, 3.63) is 70.8 Å². The largest absolute Gasteiger partial charge is 0.331 e. The lowest BCUT2D eigenvalue weighted by atomic mass is 10.1. The van der Waals surface area contributed by atoms with Crippen LogP contribution in [0.3, 0.4) is 0 Å². The van der Waals surface area contributed by atoms with Gasteiger partial charge in [0.15, 0.2) is 0 Å². The first-order valence-corrected chi connectivity index (χ1v) is 11.0. The van der Waals surface area contributed by atoms with E-state index in [1.807, 2.05) is 35.7 Å². The minimum absolute atomic E-state index is 0.168. The maximum atomic E-state index is 13.0. The summed E-state index contributed by atoms with van der Waals surface area (Å²) in [5, 5.41) is 0. The number of rotatable bonds is 5. The third-order valence-corrected chi connectivity index (χ3v) is 7.88. The fourth-order valence-electron chi connectivity index (χ4n) is 3.14. The number of benzene rings is 2. The van der Waals surface area contributed by atoms with Gasteiger partial charge in [-0.3, -0.25) is 4.79 Å². The molecule has 2 fully saturated rings. The van der Waals surface area contributed by atoms with E-state index in [9.17, 15) is 4.79 Å². The molecule has 0 unspecified atom stereocenters. The highest BCUT2D eigenvalue weighted by Crippen LogP contribution is 2.45. The van der Waals surface area contributed by atoms with E-state index >= 15 is 0 Å². The van der Waals surface area contributed by atoms with E-state index in [2.05, 4.69) is 48.2 Å². The zero-order valence-electron chi connectivity index (χ0n) is 14.5. The molecule has 1 heterocycles. The normalized spacial score (nSPS) is 17.6. The van der Waals surface area contributed by atoms with Gasteiger partial charge in [-0.25, -0.2) is 0 Å². The number of aryl methyl sites for hydroxylation is 1. The molecular weight excluding hydrogens is 346 g/mol. The van der Waals surface area contributed by atoms with Gasteiger partial charge in [-0.05, 0) is 43.0 Å². The van der Waals surface area contributed by atoms with Crippen molar-refractivity contribution in [3.63, 3.8) is 0 Å². The molecule has 25 heavy (non-hydrogen) atoms. The summed E-state index contributed by atoms with van der Waals surface area (Å²) in [6.45, 7) is 2.80. The molecule has 1 aliphatic heterocycles. The third kappa shape index (κ3) is 4.06. The fraction of sp³-hybridized carbons (Fsp3) is 0.381. The zero-order chi connectivity index (χ0) is 17.2. The second-order valence-electron chi connectivity index (χ2n) is 6.85. The van der Waals surface area contributed by atoms with Gasteiger partial charge in [0.05, 0.1) is 4.58 Å². The van der Waals surface area contributed by atoms with Gasteiger partial charge in [0, 0.05) is 29.7 Å². The van der Waals surface area contributed by atoms with E-state index in [-0.39, 0.29) is 5.91 Å². The van der Waals surface area contributed by atoms with Crippen molar-refractivity contribution < 1.29 is 4.79 Å². The third-order valence-electron chi connectivity index (χ3n) is 4.77. The summed E-state index contributed by atoms with van der Waals surface area (Å²) in [5.41, 5.74) is 4.61. The molecule has 2 aliphatic rings. The Kier molecular flexibility index (Phi) is 5.09. The van der Waals surface area contributed by atoms with Crippen LogP contribution in [-0.2, 0) is 6.54 Å². The summed E-state index contributed by atoms with van der Waals surface area (Å²) in [5.74, 6) is 2.62. The average Bonchev–Trinajstić information content (AvgIpc) is 3.34. The Morgan fingerprint density at radius 3 is 2.24 bits per heavy atom. The smallest absolute Gasteiger partial charge is 0.254 e. The molecule has 0 aromatic heterocycles. The first-order valence-electron chi connectivity index (χ1n) is 8.90. The van der Waals surface area contributed by atoms with Crippen LogP contribution < -0.4 is 0 Å². The standard InChI is InChI=1S/C21H23NOS2/c1-15-2-4-16(5-3-15)14-22(19-10-11-19)20(23)17-6-8-18(9-7-17)21-24-12-13-25-21/h2-9,19,21H,10-14H2,1H3. The van der Waals surface area contributed by atoms with Gasteiger partial charge in [-0.1, -0.05) is 42.0 Å². The second kappa shape index (κ2) is 7.46. The second-order valence-corrected chi connectivity index (χ2v) is 9.57. The molecule has 1 amide bonds. The fourth-order valence-corrected chi connectivity index (χ4v) is 6.00. The summed E-state index contributed by atoms with van der Waals surface area (Å²) >= 11 is 4.00. The Morgan fingerprint density at radius 2 is 1.64 bits per heavy atom. The van der Waals surface area contributed by atoms with E-state index in [1.54, 1.807) is 0 Å². The van der Waals surface area contributed by atoms with Crippen molar-refractivity contribution in [3.8, 4) is 0 Å². The molecule has 0 spiro atoms. The summed E-state index contributed by atoms with van der Waals surface area (Å²) in [6.07, 6.45) is 2.26. The first kappa shape index (κ1) is 17.0. The molecule has 0 N–H and O–H groups in total. The molecule has 1 saturated carbocycles. The molecule has 0 radical (unpaired) electrons. The molecule has 0 atom stereocenters. The van der Waals surface area contributed by atoms with Crippen LogP contribution in [0, 0.1) is 6.92 Å². The molecule has 1 aliphatic carbocycles. The maximum absolute atomic E-state index is 13.0. The number of carbonyl (C=O) groups excluding carboxylic acids is 1. The molecule has 130 valence electrons. The molecule has 0 bridgehead atoms. The highest BCUT2D eigenvalue weighted by atomic mass is 32.2. The zero-order valence-corrected chi connectivity index (χ0v) is 16.1. The maximum Gasteiger partial charge on any atom is 0.254 e. The van der Waals surface area contributed by atoms with Crippen molar-refractivity contribution in [1.29, 1.82) is 0 Å². The van der Waals surface area contributed by atoms with Crippen molar-refractivity contribution in [2.24, 2.45) is 0 Å². The minimum atomic E-state index is 0.168. The number of nitrogens with zero attached hydrogens (tertiary/aromatic N) is 1. The Hall–Kier alpha value is -1.39. The predicted octanol–water partition coefficient (Wildman–Crippen LogP) is 5.28. The van der Waals surface area contributed by atoms with Crippen LogP contribution in [0.4, 0.5) is 0 Å². The van der Waals surface area contributed by atoms with E-state index in [1.165, 1.54) is 28.2 Å². The molecule has 1 saturated heterocycles. The molecule has 2 nitrogen and oxygen atoms in total. The molecule has 4 heteroatoms. The summed E-state index contributed by atoms with van der Waals surface area (Å²) in [7, 11) is 0. The van der Waals surface area contributed by atoms with Gasteiger partial charge >= 0.3 is 0 Å². The van der Waals surface area contributed by atoms with Crippen LogP contribution in [0.2, 0.25) is 0 Å². The minimum Gasteiger partial charge on any atom is -0.331 e. The van der Waals surface area contributed by atoms with E-state index in [0.29, 0.717) is 17.2 Å².